The number of likely N-dealkylation sites (tertiary alicyclic amines) is 1. The fourth-order valence-corrected chi connectivity index (χ4v) is 2.97. The molecule has 1 fully saturated rings. The molecule has 1 N–H and O–H groups in total. The SMILES string of the molecule is CC(C)NC(C)(C#N)CN(C)CC1CCN(C)C1. The summed E-state index contributed by atoms with van der Waals surface area (Å²) in [6, 6.07) is 2.75. The van der Waals surface area contributed by atoms with Gasteiger partial charge in [0, 0.05) is 25.7 Å². The van der Waals surface area contributed by atoms with E-state index in [1.54, 1.807) is 0 Å². The zero-order chi connectivity index (χ0) is 13.8. The monoisotopic (exact) mass is 252 g/mol. The Labute approximate surface area is 112 Å². The van der Waals surface area contributed by atoms with E-state index in [1.807, 2.05) is 6.92 Å². The van der Waals surface area contributed by atoms with E-state index in [0.717, 1.165) is 19.0 Å². The standard InChI is InChI=1S/C14H28N4/c1-12(2)16-14(3,10-15)11-18(5)9-13-6-7-17(4)8-13/h12-13,16H,6-9,11H2,1-5H3. The first-order valence-electron chi connectivity index (χ1n) is 6.90. The van der Waals surface area contributed by atoms with Gasteiger partial charge in [-0.05, 0) is 53.8 Å². The number of hydrogen-bond acceptors (Lipinski definition) is 4. The summed E-state index contributed by atoms with van der Waals surface area (Å²) in [5.74, 6) is 0.752. The second-order valence-corrected chi connectivity index (χ2v) is 6.36. The van der Waals surface area contributed by atoms with Crippen molar-refractivity contribution in [2.45, 2.75) is 38.8 Å². The van der Waals surface area contributed by atoms with Crippen LogP contribution in [-0.2, 0) is 0 Å². The second kappa shape index (κ2) is 6.51. The molecule has 18 heavy (non-hydrogen) atoms. The van der Waals surface area contributed by atoms with Crippen LogP contribution in [0.2, 0.25) is 0 Å². The highest BCUT2D eigenvalue weighted by Gasteiger charge is 2.28. The third-order valence-corrected chi connectivity index (χ3v) is 3.50. The minimum Gasteiger partial charge on any atom is -0.306 e. The molecular formula is C14H28N4. The molecule has 0 aliphatic carbocycles. The van der Waals surface area contributed by atoms with Crippen molar-refractivity contribution in [2.24, 2.45) is 5.92 Å². The van der Waals surface area contributed by atoms with Crippen molar-refractivity contribution < 1.29 is 0 Å². The lowest BCUT2D eigenvalue weighted by molar-refractivity contribution is 0.220. The van der Waals surface area contributed by atoms with Crippen molar-refractivity contribution in [3.8, 4) is 6.07 Å². The minimum atomic E-state index is -0.451. The predicted octanol–water partition coefficient (Wildman–Crippen LogP) is 1.15. The van der Waals surface area contributed by atoms with Crippen LogP contribution in [0.25, 0.3) is 0 Å². The summed E-state index contributed by atoms with van der Waals surface area (Å²) >= 11 is 0. The zero-order valence-corrected chi connectivity index (χ0v) is 12.5. The molecule has 4 nitrogen and oxygen atoms in total. The molecule has 0 aromatic rings. The highest BCUT2D eigenvalue weighted by Crippen LogP contribution is 2.16. The van der Waals surface area contributed by atoms with E-state index in [0.29, 0.717) is 6.04 Å². The molecule has 4 heteroatoms. The molecule has 2 unspecified atom stereocenters. The first-order chi connectivity index (χ1) is 8.34. The van der Waals surface area contributed by atoms with Crippen molar-refractivity contribution in [3.05, 3.63) is 0 Å². The van der Waals surface area contributed by atoms with Crippen LogP contribution >= 0.6 is 0 Å². The average Bonchev–Trinajstić information content (AvgIpc) is 2.62. The van der Waals surface area contributed by atoms with Gasteiger partial charge in [-0.1, -0.05) is 0 Å². The van der Waals surface area contributed by atoms with Crippen LogP contribution in [0.5, 0.6) is 0 Å². The number of hydrogen-bond donors (Lipinski definition) is 1. The normalized spacial score (nSPS) is 24.4. The summed E-state index contributed by atoms with van der Waals surface area (Å²) < 4.78 is 0. The zero-order valence-electron chi connectivity index (χ0n) is 12.5. The van der Waals surface area contributed by atoms with Crippen molar-refractivity contribution in [1.82, 2.24) is 15.1 Å². The molecule has 0 radical (unpaired) electrons. The van der Waals surface area contributed by atoms with Gasteiger partial charge in [-0.2, -0.15) is 5.26 Å². The Kier molecular flexibility index (Phi) is 5.58. The van der Waals surface area contributed by atoms with Crippen LogP contribution in [0.4, 0.5) is 0 Å². The second-order valence-electron chi connectivity index (χ2n) is 6.36. The van der Waals surface area contributed by atoms with Crippen LogP contribution < -0.4 is 5.32 Å². The summed E-state index contributed by atoms with van der Waals surface area (Å²) in [5, 5.41) is 12.7. The van der Waals surface area contributed by atoms with Gasteiger partial charge < -0.3 is 9.80 Å². The van der Waals surface area contributed by atoms with Gasteiger partial charge in [-0.15, -0.1) is 0 Å². The average molecular weight is 252 g/mol. The van der Waals surface area contributed by atoms with Crippen molar-refractivity contribution in [2.75, 3.05) is 40.3 Å². The van der Waals surface area contributed by atoms with E-state index in [1.165, 1.54) is 19.5 Å². The molecule has 0 spiro atoms. The van der Waals surface area contributed by atoms with Gasteiger partial charge >= 0.3 is 0 Å². The van der Waals surface area contributed by atoms with Crippen LogP contribution in [0.3, 0.4) is 0 Å². The van der Waals surface area contributed by atoms with Crippen molar-refractivity contribution in [3.63, 3.8) is 0 Å². The van der Waals surface area contributed by atoms with Gasteiger partial charge in [-0.25, -0.2) is 0 Å². The fraction of sp³-hybridized carbons (Fsp3) is 0.929. The first-order valence-corrected chi connectivity index (χ1v) is 6.90. The van der Waals surface area contributed by atoms with Crippen LogP contribution in [0, 0.1) is 17.2 Å². The van der Waals surface area contributed by atoms with Crippen LogP contribution in [0.15, 0.2) is 0 Å². The van der Waals surface area contributed by atoms with Crippen LogP contribution in [0.1, 0.15) is 27.2 Å². The number of nitrogens with zero attached hydrogens (tertiary/aromatic N) is 3. The predicted molar refractivity (Wildman–Crippen MR) is 75.4 cm³/mol. The maximum absolute atomic E-state index is 9.34. The summed E-state index contributed by atoms with van der Waals surface area (Å²) in [7, 11) is 4.30. The van der Waals surface area contributed by atoms with Gasteiger partial charge in [-0.3, -0.25) is 5.32 Å². The molecular weight excluding hydrogens is 224 g/mol. The number of rotatable bonds is 6. The van der Waals surface area contributed by atoms with E-state index >= 15 is 0 Å². The summed E-state index contributed by atoms with van der Waals surface area (Å²) in [6.45, 7) is 10.4. The van der Waals surface area contributed by atoms with Gasteiger partial charge in [0.1, 0.15) is 5.54 Å². The van der Waals surface area contributed by atoms with Crippen LogP contribution in [-0.4, -0.2) is 61.7 Å². The molecule has 1 aliphatic rings. The molecule has 1 aliphatic heterocycles. The lowest BCUT2D eigenvalue weighted by atomic mass is 10.0. The molecule has 0 saturated carbocycles. The molecule has 2 atom stereocenters. The summed E-state index contributed by atoms with van der Waals surface area (Å²) in [5.41, 5.74) is -0.451. The minimum absolute atomic E-state index is 0.334. The topological polar surface area (TPSA) is 42.3 Å². The van der Waals surface area contributed by atoms with E-state index in [4.69, 9.17) is 0 Å². The Bertz CT molecular complexity index is 297. The maximum atomic E-state index is 9.34. The lowest BCUT2D eigenvalue weighted by Gasteiger charge is -2.31. The molecule has 1 saturated heterocycles. The summed E-state index contributed by atoms with van der Waals surface area (Å²) in [6.07, 6.45) is 1.28. The quantitative estimate of drug-likeness (QED) is 0.770. The maximum Gasteiger partial charge on any atom is 0.116 e. The smallest absolute Gasteiger partial charge is 0.116 e. The van der Waals surface area contributed by atoms with Gasteiger partial charge in [0.15, 0.2) is 0 Å². The highest BCUT2D eigenvalue weighted by atomic mass is 15.2. The van der Waals surface area contributed by atoms with E-state index in [2.05, 4.69) is 49.1 Å². The number of nitrogens with one attached hydrogen (secondary N) is 1. The Morgan fingerprint density at radius 1 is 1.56 bits per heavy atom. The number of likely N-dealkylation sites (N-methyl/N-ethyl adjacent to an activating group) is 1. The van der Waals surface area contributed by atoms with Gasteiger partial charge in [0.05, 0.1) is 6.07 Å². The number of nitriles is 1. The summed E-state index contributed by atoms with van der Waals surface area (Å²) in [4.78, 5) is 4.68. The highest BCUT2D eigenvalue weighted by molar-refractivity contribution is 5.06. The molecule has 0 amide bonds. The largest absolute Gasteiger partial charge is 0.306 e. The molecule has 0 aromatic carbocycles. The van der Waals surface area contributed by atoms with Gasteiger partial charge in [0.25, 0.3) is 0 Å². The molecule has 0 bridgehead atoms. The Hall–Kier alpha value is -0.630. The third kappa shape index (κ3) is 4.93. The molecule has 1 heterocycles. The fourth-order valence-electron chi connectivity index (χ4n) is 2.97. The van der Waals surface area contributed by atoms with Gasteiger partial charge in [0.2, 0.25) is 0 Å². The van der Waals surface area contributed by atoms with Crippen molar-refractivity contribution in [1.29, 1.82) is 5.26 Å². The van der Waals surface area contributed by atoms with E-state index < -0.39 is 5.54 Å². The van der Waals surface area contributed by atoms with E-state index in [-0.39, 0.29) is 0 Å². The first kappa shape index (κ1) is 15.4. The van der Waals surface area contributed by atoms with E-state index in [9.17, 15) is 5.26 Å². The Morgan fingerprint density at radius 2 is 2.22 bits per heavy atom. The Balaban J connectivity index is 2.42. The molecule has 104 valence electrons. The Morgan fingerprint density at radius 3 is 2.67 bits per heavy atom. The lowest BCUT2D eigenvalue weighted by Crippen LogP contribution is -2.52. The van der Waals surface area contributed by atoms with Crippen molar-refractivity contribution >= 4 is 0 Å². The molecule has 0 aromatic heterocycles. The molecule has 1 rings (SSSR count). The third-order valence-electron chi connectivity index (χ3n) is 3.50.